The maximum atomic E-state index is 11.5. The summed E-state index contributed by atoms with van der Waals surface area (Å²) in [7, 11) is 0. The van der Waals surface area contributed by atoms with Gasteiger partial charge in [-0.25, -0.2) is 0 Å². The van der Waals surface area contributed by atoms with Gasteiger partial charge in [0.1, 0.15) is 0 Å². The molecule has 1 unspecified atom stereocenters. The Morgan fingerprint density at radius 3 is 2.06 bits per heavy atom. The van der Waals surface area contributed by atoms with Crippen molar-refractivity contribution in [2.24, 2.45) is 0 Å². The Bertz CT molecular complexity index is 249. The normalized spacial score (nSPS) is 13.2. The lowest BCUT2D eigenvalue weighted by atomic mass is 10.1. The molecule has 0 rings (SSSR count). The van der Waals surface area contributed by atoms with Crippen LogP contribution in [0, 0.1) is 0 Å². The van der Waals surface area contributed by atoms with E-state index in [1.54, 1.807) is 6.92 Å². The van der Waals surface area contributed by atoms with E-state index in [9.17, 15) is 4.79 Å². The molecule has 0 aromatic heterocycles. The monoisotopic (exact) mass is 241 g/mol. The molecule has 1 N–H and O–H groups in total. The van der Waals surface area contributed by atoms with Crippen molar-refractivity contribution in [2.45, 2.75) is 47.1 Å². The van der Waals surface area contributed by atoms with E-state index in [4.69, 9.17) is 0 Å². The Balaban J connectivity index is 4.18. The number of hydrogen-bond acceptors (Lipinski definition) is 1. The van der Waals surface area contributed by atoms with Gasteiger partial charge in [0.05, 0.1) is 26.2 Å². The first-order valence-electron chi connectivity index (χ1n) is 6.72. The van der Waals surface area contributed by atoms with E-state index >= 15 is 0 Å². The average molecular weight is 241 g/mol. The second-order valence-corrected chi connectivity index (χ2v) is 4.96. The van der Waals surface area contributed by atoms with Crippen LogP contribution < -0.4 is 5.32 Å². The smallest absolute Gasteiger partial charge is 0.246 e. The van der Waals surface area contributed by atoms with Crippen LogP contribution in [0.3, 0.4) is 0 Å². The first-order chi connectivity index (χ1) is 7.90. The Hall–Kier alpha value is -0.830. The van der Waals surface area contributed by atoms with Crippen LogP contribution in [-0.4, -0.2) is 42.6 Å². The summed E-state index contributed by atoms with van der Waals surface area (Å²) in [4.78, 5) is 11.5. The lowest BCUT2D eigenvalue weighted by Crippen LogP contribution is -2.50. The van der Waals surface area contributed by atoms with Gasteiger partial charge in [-0.1, -0.05) is 6.58 Å². The topological polar surface area (TPSA) is 29.1 Å². The molecule has 17 heavy (non-hydrogen) atoms. The molecular formula is C14H29N2O+. The largest absolute Gasteiger partial charge is 0.350 e. The van der Waals surface area contributed by atoms with Crippen molar-refractivity contribution in [1.29, 1.82) is 0 Å². The first kappa shape index (κ1) is 16.2. The van der Waals surface area contributed by atoms with Gasteiger partial charge in [-0.2, -0.15) is 0 Å². The Kier molecular flexibility index (Phi) is 7.12. The number of rotatable bonds is 8. The van der Waals surface area contributed by atoms with Gasteiger partial charge in [0, 0.05) is 18.0 Å². The van der Waals surface area contributed by atoms with Gasteiger partial charge < -0.3 is 9.80 Å². The predicted molar refractivity (Wildman–Crippen MR) is 73.8 cm³/mol. The molecule has 0 radical (unpaired) electrons. The minimum atomic E-state index is -0.0277. The highest BCUT2D eigenvalue weighted by Crippen LogP contribution is 2.08. The predicted octanol–water partition coefficient (Wildman–Crippen LogP) is 2.33. The van der Waals surface area contributed by atoms with Gasteiger partial charge in [-0.05, 0) is 34.6 Å². The fourth-order valence-electron chi connectivity index (χ4n) is 2.03. The summed E-state index contributed by atoms with van der Waals surface area (Å²) < 4.78 is 1.13. The van der Waals surface area contributed by atoms with Crippen molar-refractivity contribution in [2.75, 3.05) is 26.2 Å². The highest BCUT2D eigenvalue weighted by Gasteiger charge is 2.21. The van der Waals surface area contributed by atoms with Gasteiger partial charge in [0.25, 0.3) is 0 Å². The van der Waals surface area contributed by atoms with Crippen molar-refractivity contribution in [3.05, 3.63) is 12.2 Å². The number of nitrogens with zero attached hydrogens (tertiary/aromatic N) is 1. The summed E-state index contributed by atoms with van der Waals surface area (Å²) in [5, 5.41) is 2.98. The van der Waals surface area contributed by atoms with E-state index in [-0.39, 0.29) is 11.9 Å². The zero-order valence-electron chi connectivity index (χ0n) is 12.2. The second kappa shape index (κ2) is 7.49. The van der Waals surface area contributed by atoms with Crippen LogP contribution in [0.5, 0.6) is 0 Å². The molecule has 0 aromatic rings. The van der Waals surface area contributed by atoms with Gasteiger partial charge in [0.2, 0.25) is 5.91 Å². The number of carbonyl (C=O) groups is 1. The summed E-state index contributed by atoms with van der Waals surface area (Å²) in [6.45, 7) is 18.8. The van der Waals surface area contributed by atoms with Crippen molar-refractivity contribution in [1.82, 2.24) is 5.32 Å². The summed E-state index contributed by atoms with van der Waals surface area (Å²) in [6, 6.07) is 0.223. The van der Waals surface area contributed by atoms with Crippen molar-refractivity contribution < 1.29 is 9.28 Å². The maximum Gasteiger partial charge on any atom is 0.246 e. The molecule has 3 nitrogen and oxygen atoms in total. The summed E-state index contributed by atoms with van der Waals surface area (Å²) >= 11 is 0. The SMILES string of the molecule is C=C(C)C(=O)NC(C)CC[N+](CC)(CC)CC. The molecule has 0 aromatic carbocycles. The van der Waals surface area contributed by atoms with Crippen LogP contribution in [0.1, 0.15) is 41.0 Å². The van der Waals surface area contributed by atoms with Gasteiger partial charge in [-0.3, -0.25) is 4.79 Å². The molecule has 1 atom stereocenters. The van der Waals surface area contributed by atoms with Crippen molar-refractivity contribution in [3.63, 3.8) is 0 Å². The number of carbonyl (C=O) groups excluding carboxylic acids is 1. The standard InChI is InChI=1S/C14H28N2O/c1-7-16(8-2,9-3)11-10-13(6)15-14(17)12(4)5/h13H,4,7-11H2,1-3,5-6H3/p+1. The van der Waals surface area contributed by atoms with Crippen LogP contribution in [0.4, 0.5) is 0 Å². The highest BCUT2D eigenvalue weighted by molar-refractivity contribution is 5.92. The van der Waals surface area contributed by atoms with E-state index in [1.165, 1.54) is 0 Å². The molecule has 0 saturated carbocycles. The van der Waals surface area contributed by atoms with E-state index in [0.29, 0.717) is 5.57 Å². The van der Waals surface area contributed by atoms with Crippen molar-refractivity contribution in [3.8, 4) is 0 Å². The van der Waals surface area contributed by atoms with Gasteiger partial charge >= 0.3 is 0 Å². The fourth-order valence-corrected chi connectivity index (χ4v) is 2.03. The Morgan fingerprint density at radius 1 is 1.24 bits per heavy atom. The molecule has 1 amide bonds. The maximum absolute atomic E-state index is 11.5. The zero-order chi connectivity index (χ0) is 13.5. The van der Waals surface area contributed by atoms with Crippen LogP contribution in [-0.2, 0) is 4.79 Å². The molecule has 0 aliphatic carbocycles. The summed E-state index contributed by atoms with van der Waals surface area (Å²) in [5.74, 6) is -0.0277. The Morgan fingerprint density at radius 2 is 1.71 bits per heavy atom. The lowest BCUT2D eigenvalue weighted by molar-refractivity contribution is -0.923. The molecular weight excluding hydrogens is 212 g/mol. The molecule has 0 aliphatic heterocycles. The molecule has 0 fully saturated rings. The second-order valence-electron chi connectivity index (χ2n) is 4.96. The van der Waals surface area contributed by atoms with E-state index in [2.05, 4.69) is 39.6 Å². The summed E-state index contributed by atoms with van der Waals surface area (Å²) in [6.07, 6.45) is 1.02. The zero-order valence-corrected chi connectivity index (χ0v) is 12.2. The minimum Gasteiger partial charge on any atom is -0.350 e. The third-order valence-corrected chi connectivity index (χ3v) is 3.81. The van der Waals surface area contributed by atoms with E-state index in [1.807, 2.05) is 0 Å². The van der Waals surface area contributed by atoms with E-state index < -0.39 is 0 Å². The third-order valence-electron chi connectivity index (χ3n) is 3.81. The van der Waals surface area contributed by atoms with Gasteiger partial charge in [0.15, 0.2) is 0 Å². The fraction of sp³-hybridized carbons (Fsp3) is 0.786. The average Bonchev–Trinajstić information content (AvgIpc) is 2.31. The molecule has 0 heterocycles. The van der Waals surface area contributed by atoms with Crippen molar-refractivity contribution >= 4 is 5.91 Å². The molecule has 3 heteroatoms. The summed E-state index contributed by atoms with van der Waals surface area (Å²) in [5.41, 5.74) is 0.582. The minimum absolute atomic E-state index is 0.0277. The molecule has 0 spiro atoms. The number of hydrogen-bond donors (Lipinski definition) is 1. The van der Waals surface area contributed by atoms with Crippen LogP contribution in [0.15, 0.2) is 12.2 Å². The molecule has 0 saturated heterocycles. The third kappa shape index (κ3) is 5.35. The number of nitrogens with one attached hydrogen (secondary N) is 1. The number of amides is 1. The first-order valence-corrected chi connectivity index (χ1v) is 6.72. The number of quaternary nitrogens is 1. The molecule has 0 bridgehead atoms. The molecule has 100 valence electrons. The van der Waals surface area contributed by atoms with Gasteiger partial charge in [-0.15, -0.1) is 0 Å². The lowest BCUT2D eigenvalue weighted by Gasteiger charge is -2.36. The van der Waals surface area contributed by atoms with Crippen LogP contribution in [0.25, 0.3) is 0 Å². The Labute approximate surface area is 106 Å². The quantitative estimate of drug-likeness (QED) is 0.513. The van der Waals surface area contributed by atoms with Crippen LogP contribution in [0.2, 0.25) is 0 Å². The molecule has 0 aliphatic rings. The van der Waals surface area contributed by atoms with E-state index in [0.717, 1.165) is 37.1 Å². The highest BCUT2D eigenvalue weighted by atomic mass is 16.1. The van der Waals surface area contributed by atoms with Crippen LogP contribution >= 0.6 is 0 Å².